The SMILES string of the molecule is CCOC(=O)CCCOc1cc2c3c(n(Cc4ccccc4)c2cc1CCC#N)CCCC3C(N)=O. The zero-order valence-electron chi connectivity index (χ0n) is 20.8. The van der Waals surface area contributed by atoms with Crippen LogP contribution in [0.3, 0.4) is 0 Å². The van der Waals surface area contributed by atoms with Crippen molar-refractivity contribution in [1.82, 2.24) is 4.57 Å². The first-order valence-electron chi connectivity index (χ1n) is 12.7. The van der Waals surface area contributed by atoms with Gasteiger partial charge in [0.15, 0.2) is 0 Å². The fraction of sp³-hybridized carbons (Fsp3) is 0.414. The minimum Gasteiger partial charge on any atom is -0.493 e. The molecule has 0 fully saturated rings. The molecule has 0 spiro atoms. The zero-order chi connectivity index (χ0) is 25.5. The molecular formula is C29H33N3O4. The first-order chi connectivity index (χ1) is 17.5. The van der Waals surface area contributed by atoms with Gasteiger partial charge >= 0.3 is 5.97 Å². The van der Waals surface area contributed by atoms with Crippen LogP contribution in [0.4, 0.5) is 0 Å². The minimum absolute atomic E-state index is 0.238. The van der Waals surface area contributed by atoms with Gasteiger partial charge in [0.2, 0.25) is 5.91 Å². The van der Waals surface area contributed by atoms with Crippen LogP contribution in [-0.2, 0) is 33.7 Å². The van der Waals surface area contributed by atoms with E-state index >= 15 is 0 Å². The number of carbonyl (C=O) groups excluding carboxylic acids is 2. The molecule has 4 rings (SSSR count). The number of aromatic nitrogens is 1. The van der Waals surface area contributed by atoms with Crippen LogP contribution in [0, 0.1) is 11.3 Å². The third-order valence-electron chi connectivity index (χ3n) is 6.77. The number of carbonyl (C=O) groups is 2. The molecule has 3 aromatic rings. The molecule has 1 aromatic heterocycles. The molecule has 2 aromatic carbocycles. The van der Waals surface area contributed by atoms with Crippen LogP contribution in [0.15, 0.2) is 42.5 Å². The summed E-state index contributed by atoms with van der Waals surface area (Å²) >= 11 is 0. The molecule has 0 radical (unpaired) electrons. The maximum atomic E-state index is 12.5. The van der Waals surface area contributed by atoms with Gasteiger partial charge in [-0.2, -0.15) is 5.26 Å². The Labute approximate surface area is 211 Å². The first kappa shape index (κ1) is 25.3. The van der Waals surface area contributed by atoms with Crippen molar-refractivity contribution in [3.8, 4) is 11.8 Å². The number of hydrogen-bond acceptors (Lipinski definition) is 5. The number of fused-ring (bicyclic) bond motifs is 3. The Bertz CT molecular complexity index is 1270. The molecular weight excluding hydrogens is 454 g/mol. The lowest BCUT2D eigenvalue weighted by Gasteiger charge is -2.22. The van der Waals surface area contributed by atoms with Gasteiger partial charge in [0, 0.05) is 36.0 Å². The number of rotatable bonds is 11. The lowest BCUT2D eigenvalue weighted by molar-refractivity contribution is -0.143. The van der Waals surface area contributed by atoms with E-state index in [1.54, 1.807) is 6.92 Å². The Morgan fingerprint density at radius 2 is 2.03 bits per heavy atom. The molecule has 1 aliphatic rings. The molecule has 1 unspecified atom stereocenters. The average Bonchev–Trinajstić information content (AvgIpc) is 3.18. The summed E-state index contributed by atoms with van der Waals surface area (Å²) in [6, 6.07) is 16.6. The number of amides is 1. The number of hydrogen-bond donors (Lipinski definition) is 1. The van der Waals surface area contributed by atoms with Crippen molar-refractivity contribution in [2.24, 2.45) is 5.73 Å². The molecule has 7 nitrogen and oxygen atoms in total. The standard InChI is InChI=1S/C29H33N3O4/c1-2-35-27(33)14-8-16-36-26-18-23-25(17-21(26)11-7-15-30)32(19-20-9-4-3-5-10-20)24-13-6-12-22(28(23)24)29(31)34/h3-5,9-10,17-18,22H,2,6-8,11-14,16,19H2,1H3,(H2,31,34). The lowest BCUT2D eigenvalue weighted by Crippen LogP contribution is -2.25. The average molecular weight is 488 g/mol. The van der Waals surface area contributed by atoms with Crippen LogP contribution in [0.5, 0.6) is 5.75 Å². The second-order valence-corrected chi connectivity index (χ2v) is 9.17. The second-order valence-electron chi connectivity index (χ2n) is 9.17. The number of nitrogens with two attached hydrogens (primary N) is 1. The molecule has 0 aliphatic heterocycles. The highest BCUT2D eigenvalue weighted by Crippen LogP contribution is 2.42. The molecule has 188 valence electrons. The molecule has 1 aliphatic carbocycles. The number of benzene rings is 2. The van der Waals surface area contributed by atoms with Crippen LogP contribution in [-0.4, -0.2) is 29.7 Å². The summed E-state index contributed by atoms with van der Waals surface area (Å²) < 4.78 is 13.4. The number of primary amides is 1. The highest BCUT2D eigenvalue weighted by Gasteiger charge is 2.31. The Morgan fingerprint density at radius 3 is 2.75 bits per heavy atom. The molecule has 0 saturated heterocycles. The van der Waals surface area contributed by atoms with E-state index in [0.29, 0.717) is 44.8 Å². The fourth-order valence-corrected chi connectivity index (χ4v) is 5.16. The van der Waals surface area contributed by atoms with Gasteiger partial charge in [0.1, 0.15) is 5.75 Å². The normalized spacial score (nSPS) is 14.7. The molecule has 2 N–H and O–H groups in total. The Hall–Kier alpha value is -3.79. The summed E-state index contributed by atoms with van der Waals surface area (Å²) in [4.78, 5) is 24.1. The summed E-state index contributed by atoms with van der Waals surface area (Å²) in [5.74, 6) is -0.192. The van der Waals surface area contributed by atoms with Gasteiger partial charge in [-0.3, -0.25) is 9.59 Å². The fourth-order valence-electron chi connectivity index (χ4n) is 5.16. The van der Waals surface area contributed by atoms with E-state index in [0.717, 1.165) is 47.0 Å². The van der Waals surface area contributed by atoms with E-state index in [9.17, 15) is 14.9 Å². The topological polar surface area (TPSA) is 107 Å². The van der Waals surface area contributed by atoms with E-state index in [1.807, 2.05) is 24.3 Å². The first-order valence-corrected chi connectivity index (χ1v) is 12.7. The molecule has 0 saturated carbocycles. The minimum atomic E-state index is -0.338. The van der Waals surface area contributed by atoms with Crippen LogP contribution in [0.1, 0.15) is 67.3 Å². The van der Waals surface area contributed by atoms with E-state index < -0.39 is 0 Å². The van der Waals surface area contributed by atoms with Gasteiger partial charge in [-0.05, 0) is 67.9 Å². The Kier molecular flexibility index (Phi) is 8.27. The van der Waals surface area contributed by atoms with Crippen molar-refractivity contribution in [3.63, 3.8) is 0 Å². The van der Waals surface area contributed by atoms with Crippen molar-refractivity contribution in [1.29, 1.82) is 5.26 Å². The summed E-state index contributed by atoms with van der Waals surface area (Å²) in [6.07, 6.45) is 4.27. The van der Waals surface area contributed by atoms with Crippen LogP contribution in [0.25, 0.3) is 10.9 Å². The third kappa shape index (κ3) is 5.54. The molecule has 0 bridgehead atoms. The van der Waals surface area contributed by atoms with Crippen LogP contribution in [0.2, 0.25) is 0 Å². The monoisotopic (exact) mass is 487 g/mol. The summed E-state index contributed by atoms with van der Waals surface area (Å²) in [7, 11) is 0. The van der Waals surface area contributed by atoms with E-state index in [1.165, 1.54) is 5.56 Å². The Balaban J connectivity index is 1.76. The number of nitrogens with zero attached hydrogens (tertiary/aromatic N) is 2. The van der Waals surface area contributed by atoms with Crippen LogP contribution >= 0.6 is 0 Å². The second kappa shape index (κ2) is 11.8. The van der Waals surface area contributed by atoms with E-state index in [4.69, 9.17) is 15.2 Å². The van der Waals surface area contributed by atoms with E-state index in [2.05, 4.69) is 28.8 Å². The van der Waals surface area contributed by atoms with Gasteiger partial charge in [-0.1, -0.05) is 30.3 Å². The van der Waals surface area contributed by atoms with Gasteiger partial charge in [-0.25, -0.2) is 0 Å². The largest absolute Gasteiger partial charge is 0.493 e. The predicted molar refractivity (Wildman–Crippen MR) is 138 cm³/mol. The van der Waals surface area contributed by atoms with Crippen molar-refractivity contribution in [2.45, 2.75) is 64.3 Å². The molecule has 1 amide bonds. The molecule has 7 heteroatoms. The van der Waals surface area contributed by atoms with Crippen molar-refractivity contribution in [2.75, 3.05) is 13.2 Å². The number of ether oxygens (including phenoxy) is 2. The maximum absolute atomic E-state index is 12.5. The molecule has 1 heterocycles. The Morgan fingerprint density at radius 1 is 1.22 bits per heavy atom. The molecule has 36 heavy (non-hydrogen) atoms. The number of aryl methyl sites for hydroxylation is 1. The quantitative estimate of drug-likeness (QED) is 0.310. The lowest BCUT2D eigenvalue weighted by atomic mass is 9.84. The summed E-state index contributed by atoms with van der Waals surface area (Å²) in [5.41, 5.74) is 11.2. The van der Waals surface area contributed by atoms with Gasteiger partial charge < -0.3 is 19.8 Å². The van der Waals surface area contributed by atoms with E-state index in [-0.39, 0.29) is 24.2 Å². The van der Waals surface area contributed by atoms with Crippen molar-refractivity contribution in [3.05, 3.63) is 64.8 Å². The highest BCUT2D eigenvalue weighted by atomic mass is 16.5. The van der Waals surface area contributed by atoms with Crippen molar-refractivity contribution >= 4 is 22.8 Å². The third-order valence-corrected chi connectivity index (χ3v) is 6.77. The van der Waals surface area contributed by atoms with Gasteiger partial charge in [-0.15, -0.1) is 0 Å². The number of esters is 1. The highest BCUT2D eigenvalue weighted by molar-refractivity contribution is 5.94. The van der Waals surface area contributed by atoms with Gasteiger partial charge in [0.05, 0.1) is 25.2 Å². The zero-order valence-corrected chi connectivity index (χ0v) is 20.8. The predicted octanol–water partition coefficient (Wildman–Crippen LogP) is 4.77. The van der Waals surface area contributed by atoms with Crippen LogP contribution < -0.4 is 10.5 Å². The smallest absolute Gasteiger partial charge is 0.305 e. The van der Waals surface area contributed by atoms with Gasteiger partial charge in [0.25, 0.3) is 0 Å². The summed E-state index contributed by atoms with van der Waals surface area (Å²) in [5, 5.41) is 10.2. The maximum Gasteiger partial charge on any atom is 0.305 e. The molecule has 1 atom stereocenters. The number of nitriles is 1. The summed E-state index contributed by atoms with van der Waals surface area (Å²) in [6.45, 7) is 3.20. The van der Waals surface area contributed by atoms with Crippen molar-refractivity contribution < 1.29 is 19.1 Å².